The average Bonchev–Trinajstić information content (AvgIpc) is 2.41. The smallest absolute Gasteiger partial charge is 0.409 e. The molecule has 1 atom stereocenters. The SMILES string of the molecule is COC(=O)N1CCCC(C=O)CC1. The van der Waals surface area contributed by atoms with Gasteiger partial charge in [-0.15, -0.1) is 0 Å². The van der Waals surface area contributed by atoms with E-state index in [0.29, 0.717) is 13.1 Å². The van der Waals surface area contributed by atoms with E-state index in [-0.39, 0.29) is 12.0 Å². The maximum absolute atomic E-state index is 11.1. The van der Waals surface area contributed by atoms with Crippen LogP contribution in [0.25, 0.3) is 0 Å². The summed E-state index contributed by atoms with van der Waals surface area (Å²) in [5.74, 6) is 0.120. The minimum Gasteiger partial charge on any atom is -0.453 e. The van der Waals surface area contributed by atoms with Gasteiger partial charge in [-0.3, -0.25) is 0 Å². The van der Waals surface area contributed by atoms with Crippen LogP contribution in [0.4, 0.5) is 4.79 Å². The van der Waals surface area contributed by atoms with Gasteiger partial charge < -0.3 is 14.4 Å². The summed E-state index contributed by atoms with van der Waals surface area (Å²) in [6.07, 6.45) is 3.24. The third kappa shape index (κ3) is 2.72. The molecule has 1 aliphatic heterocycles. The number of likely N-dealkylation sites (tertiary alicyclic amines) is 1. The lowest BCUT2D eigenvalue weighted by Crippen LogP contribution is -2.31. The van der Waals surface area contributed by atoms with Crippen LogP contribution in [0, 0.1) is 5.92 Å². The molecule has 74 valence electrons. The Morgan fingerprint density at radius 3 is 2.85 bits per heavy atom. The summed E-state index contributed by atoms with van der Waals surface area (Å²) in [5, 5.41) is 0. The summed E-state index contributed by atoms with van der Waals surface area (Å²) in [4.78, 5) is 23.3. The van der Waals surface area contributed by atoms with E-state index in [9.17, 15) is 9.59 Å². The fourth-order valence-electron chi connectivity index (χ4n) is 1.57. The molecule has 0 N–H and O–H groups in total. The zero-order valence-corrected chi connectivity index (χ0v) is 7.86. The number of hydrogen-bond acceptors (Lipinski definition) is 3. The van der Waals surface area contributed by atoms with Crippen LogP contribution in [0.5, 0.6) is 0 Å². The van der Waals surface area contributed by atoms with Gasteiger partial charge in [0.05, 0.1) is 7.11 Å². The van der Waals surface area contributed by atoms with Gasteiger partial charge in [0, 0.05) is 19.0 Å². The second-order valence-corrected chi connectivity index (χ2v) is 3.28. The number of aldehydes is 1. The van der Waals surface area contributed by atoms with Crippen molar-refractivity contribution in [1.82, 2.24) is 4.90 Å². The van der Waals surface area contributed by atoms with Crippen molar-refractivity contribution < 1.29 is 14.3 Å². The van der Waals surface area contributed by atoms with Crippen molar-refractivity contribution in [2.45, 2.75) is 19.3 Å². The zero-order chi connectivity index (χ0) is 9.68. The molecule has 1 amide bonds. The summed E-state index contributed by atoms with van der Waals surface area (Å²) in [7, 11) is 1.38. The van der Waals surface area contributed by atoms with Gasteiger partial charge in [-0.2, -0.15) is 0 Å². The standard InChI is InChI=1S/C9H15NO3/c1-13-9(12)10-5-2-3-8(7-11)4-6-10/h7-8H,2-6H2,1H3. The van der Waals surface area contributed by atoms with E-state index in [4.69, 9.17) is 0 Å². The normalized spacial score (nSPS) is 23.5. The predicted molar refractivity (Wildman–Crippen MR) is 47.4 cm³/mol. The molecule has 4 nitrogen and oxygen atoms in total. The van der Waals surface area contributed by atoms with E-state index in [1.54, 1.807) is 4.90 Å². The molecule has 0 saturated carbocycles. The molecule has 0 aromatic carbocycles. The summed E-state index contributed by atoms with van der Waals surface area (Å²) in [6, 6.07) is 0. The van der Waals surface area contributed by atoms with E-state index in [0.717, 1.165) is 25.5 Å². The Hall–Kier alpha value is -1.06. The highest BCUT2D eigenvalue weighted by molar-refractivity contribution is 5.67. The number of amides is 1. The third-order valence-corrected chi connectivity index (χ3v) is 2.40. The minimum atomic E-state index is -0.286. The first kappa shape index (κ1) is 10.0. The van der Waals surface area contributed by atoms with Crippen LogP contribution >= 0.6 is 0 Å². The van der Waals surface area contributed by atoms with Crippen LogP contribution in [0.2, 0.25) is 0 Å². The zero-order valence-electron chi connectivity index (χ0n) is 7.86. The Kier molecular flexibility index (Phi) is 3.73. The molecule has 0 bridgehead atoms. The minimum absolute atomic E-state index is 0.120. The fourth-order valence-corrected chi connectivity index (χ4v) is 1.57. The van der Waals surface area contributed by atoms with Crippen molar-refractivity contribution in [3.63, 3.8) is 0 Å². The second kappa shape index (κ2) is 4.84. The molecule has 4 heteroatoms. The maximum Gasteiger partial charge on any atom is 0.409 e. The second-order valence-electron chi connectivity index (χ2n) is 3.28. The number of rotatable bonds is 1. The topological polar surface area (TPSA) is 46.6 Å². The fraction of sp³-hybridized carbons (Fsp3) is 0.778. The number of nitrogens with zero attached hydrogens (tertiary/aromatic N) is 1. The molecule has 1 saturated heterocycles. The van der Waals surface area contributed by atoms with Gasteiger partial charge in [-0.05, 0) is 19.3 Å². The first-order valence-electron chi connectivity index (χ1n) is 4.56. The van der Waals surface area contributed by atoms with E-state index < -0.39 is 0 Å². The Bertz CT molecular complexity index is 193. The third-order valence-electron chi connectivity index (χ3n) is 2.40. The first-order chi connectivity index (χ1) is 6.27. The largest absolute Gasteiger partial charge is 0.453 e. The van der Waals surface area contributed by atoms with Gasteiger partial charge in [0.25, 0.3) is 0 Å². The Morgan fingerprint density at radius 2 is 2.23 bits per heavy atom. The van der Waals surface area contributed by atoms with Crippen LogP contribution in [0.15, 0.2) is 0 Å². The Morgan fingerprint density at radius 1 is 1.46 bits per heavy atom. The van der Waals surface area contributed by atoms with Crippen molar-refractivity contribution in [2.75, 3.05) is 20.2 Å². The van der Waals surface area contributed by atoms with Crippen LogP contribution in [0.1, 0.15) is 19.3 Å². The molecule has 13 heavy (non-hydrogen) atoms. The molecule has 0 aliphatic carbocycles. The van der Waals surface area contributed by atoms with Gasteiger partial charge in [0.1, 0.15) is 6.29 Å². The quantitative estimate of drug-likeness (QED) is 0.574. The molecule has 1 fully saturated rings. The molecular weight excluding hydrogens is 170 g/mol. The molecule has 0 radical (unpaired) electrons. The number of ether oxygens (including phenoxy) is 1. The highest BCUT2D eigenvalue weighted by Gasteiger charge is 2.20. The summed E-state index contributed by atoms with van der Waals surface area (Å²) < 4.78 is 4.61. The van der Waals surface area contributed by atoms with Crippen molar-refractivity contribution >= 4 is 12.4 Å². The molecule has 0 aromatic rings. The number of carbonyl (C=O) groups is 2. The summed E-state index contributed by atoms with van der Waals surface area (Å²) in [5.41, 5.74) is 0. The number of hydrogen-bond donors (Lipinski definition) is 0. The highest BCUT2D eigenvalue weighted by atomic mass is 16.5. The van der Waals surface area contributed by atoms with E-state index >= 15 is 0 Å². The van der Waals surface area contributed by atoms with E-state index in [1.165, 1.54) is 7.11 Å². The van der Waals surface area contributed by atoms with Crippen molar-refractivity contribution in [2.24, 2.45) is 5.92 Å². The first-order valence-corrected chi connectivity index (χ1v) is 4.56. The Balaban J connectivity index is 2.44. The van der Waals surface area contributed by atoms with Gasteiger partial charge in [0.2, 0.25) is 0 Å². The van der Waals surface area contributed by atoms with Crippen LogP contribution in [0.3, 0.4) is 0 Å². The molecular formula is C9H15NO3. The van der Waals surface area contributed by atoms with Crippen molar-refractivity contribution in [3.8, 4) is 0 Å². The van der Waals surface area contributed by atoms with Gasteiger partial charge in [0.15, 0.2) is 0 Å². The molecule has 1 rings (SSSR count). The number of methoxy groups -OCH3 is 1. The van der Waals surface area contributed by atoms with Gasteiger partial charge in [-0.1, -0.05) is 0 Å². The number of carbonyl (C=O) groups excluding carboxylic acids is 2. The maximum atomic E-state index is 11.1. The summed E-state index contributed by atoms with van der Waals surface area (Å²) in [6.45, 7) is 1.34. The Labute approximate surface area is 77.8 Å². The van der Waals surface area contributed by atoms with Crippen LogP contribution in [-0.4, -0.2) is 37.5 Å². The average molecular weight is 185 g/mol. The van der Waals surface area contributed by atoms with Crippen molar-refractivity contribution in [1.29, 1.82) is 0 Å². The molecule has 0 aromatic heterocycles. The molecule has 1 aliphatic rings. The molecule has 1 unspecified atom stereocenters. The lowest BCUT2D eigenvalue weighted by Gasteiger charge is -2.17. The van der Waals surface area contributed by atoms with Crippen LogP contribution in [-0.2, 0) is 9.53 Å². The van der Waals surface area contributed by atoms with Crippen LogP contribution < -0.4 is 0 Å². The summed E-state index contributed by atoms with van der Waals surface area (Å²) >= 11 is 0. The van der Waals surface area contributed by atoms with Gasteiger partial charge >= 0.3 is 6.09 Å². The molecule has 0 spiro atoms. The lowest BCUT2D eigenvalue weighted by molar-refractivity contribution is -0.111. The molecule has 1 heterocycles. The van der Waals surface area contributed by atoms with Gasteiger partial charge in [-0.25, -0.2) is 4.79 Å². The lowest BCUT2D eigenvalue weighted by atomic mass is 10.0. The van der Waals surface area contributed by atoms with E-state index in [2.05, 4.69) is 4.74 Å². The monoisotopic (exact) mass is 185 g/mol. The van der Waals surface area contributed by atoms with E-state index in [1.807, 2.05) is 0 Å². The van der Waals surface area contributed by atoms with Crippen molar-refractivity contribution in [3.05, 3.63) is 0 Å². The predicted octanol–water partition coefficient (Wildman–Crippen LogP) is 1.05. The highest BCUT2D eigenvalue weighted by Crippen LogP contribution is 2.15.